The van der Waals surface area contributed by atoms with Crippen LogP contribution in [-0.2, 0) is 0 Å². The summed E-state index contributed by atoms with van der Waals surface area (Å²) in [6.07, 6.45) is 1.35. The summed E-state index contributed by atoms with van der Waals surface area (Å²) in [5.74, 6) is 0.393. The van der Waals surface area contributed by atoms with Crippen LogP contribution in [0.1, 0.15) is 22.8 Å². The van der Waals surface area contributed by atoms with Crippen LogP contribution in [0.4, 0.5) is 0 Å². The Morgan fingerprint density at radius 3 is 2.70 bits per heavy atom. The van der Waals surface area contributed by atoms with Gasteiger partial charge in [0, 0.05) is 5.56 Å². The first-order valence-electron chi connectivity index (χ1n) is 7.08. The number of hydrogen-bond donors (Lipinski definition) is 2. The molecule has 0 heterocycles. The normalized spacial score (nSPS) is 10.5. The molecule has 0 bridgehead atoms. The fraction of sp³-hybridized carbons (Fsp3) is 0.176. The third-order valence-electron chi connectivity index (χ3n) is 3.05. The van der Waals surface area contributed by atoms with Crippen LogP contribution in [-0.4, -0.2) is 30.9 Å². The van der Waals surface area contributed by atoms with Crippen molar-refractivity contribution < 1.29 is 19.4 Å². The van der Waals surface area contributed by atoms with Crippen LogP contribution in [0.25, 0.3) is 0 Å². The maximum Gasteiger partial charge on any atom is 0.275 e. The first kappa shape index (κ1) is 16.4. The average Bonchev–Trinajstić information content (AvgIpc) is 2.57. The molecule has 0 saturated heterocycles. The van der Waals surface area contributed by atoms with Crippen LogP contribution in [0.5, 0.6) is 17.2 Å². The summed E-state index contributed by atoms with van der Waals surface area (Å²) in [6.45, 7) is 2.31. The van der Waals surface area contributed by atoms with Crippen LogP contribution < -0.4 is 14.9 Å². The fourth-order valence-electron chi connectivity index (χ4n) is 1.96. The molecule has 0 aliphatic heterocycles. The maximum absolute atomic E-state index is 12.1. The van der Waals surface area contributed by atoms with Gasteiger partial charge in [-0.2, -0.15) is 5.10 Å². The maximum atomic E-state index is 12.1. The number of amides is 1. The zero-order valence-corrected chi connectivity index (χ0v) is 12.9. The molecule has 2 rings (SSSR count). The number of carbonyl (C=O) groups is 1. The highest BCUT2D eigenvalue weighted by molar-refractivity contribution is 5.97. The predicted octanol–water partition coefficient (Wildman–Crippen LogP) is 2.56. The lowest BCUT2D eigenvalue weighted by atomic mass is 10.2. The van der Waals surface area contributed by atoms with Crippen molar-refractivity contribution in [3.05, 3.63) is 53.6 Å². The summed E-state index contributed by atoms with van der Waals surface area (Å²) in [6, 6.07) is 11.9. The Hall–Kier alpha value is -3.02. The molecule has 0 saturated carbocycles. The summed E-state index contributed by atoms with van der Waals surface area (Å²) >= 11 is 0. The van der Waals surface area contributed by atoms with E-state index in [1.807, 2.05) is 6.92 Å². The molecule has 0 radical (unpaired) electrons. The van der Waals surface area contributed by atoms with E-state index in [0.717, 1.165) is 0 Å². The summed E-state index contributed by atoms with van der Waals surface area (Å²) in [7, 11) is 1.46. The minimum Gasteiger partial charge on any atom is -0.504 e. The topological polar surface area (TPSA) is 80.2 Å². The standard InChI is InChI=1S/C17H18N2O4/c1-3-23-14-9-5-4-8-13(14)17(21)19-18-11-12-7-6-10-15(22-2)16(12)20/h4-11,20H,3H2,1-2H3,(H,19,21). The first-order valence-corrected chi connectivity index (χ1v) is 7.08. The van der Waals surface area contributed by atoms with Gasteiger partial charge in [-0.05, 0) is 31.2 Å². The number of aromatic hydroxyl groups is 1. The van der Waals surface area contributed by atoms with E-state index in [-0.39, 0.29) is 5.75 Å². The fourth-order valence-corrected chi connectivity index (χ4v) is 1.96. The molecule has 0 aliphatic rings. The second kappa shape index (κ2) is 7.84. The summed E-state index contributed by atoms with van der Waals surface area (Å²) < 4.78 is 10.4. The molecule has 2 N–H and O–H groups in total. The van der Waals surface area contributed by atoms with Gasteiger partial charge in [-0.25, -0.2) is 5.43 Å². The van der Waals surface area contributed by atoms with Crippen molar-refractivity contribution in [1.82, 2.24) is 5.43 Å². The van der Waals surface area contributed by atoms with Gasteiger partial charge in [0.05, 0.1) is 25.5 Å². The first-order chi connectivity index (χ1) is 11.2. The predicted molar refractivity (Wildman–Crippen MR) is 87.3 cm³/mol. The van der Waals surface area contributed by atoms with E-state index in [9.17, 15) is 9.90 Å². The van der Waals surface area contributed by atoms with Gasteiger partial charge in [0.15, 0.2) is 11.5 Å². The molecule has 6 nitrogen and oxygen atoms in total. The van der Waals surface area contributed by atoms with Crippen molar-refractivity contribution in [3.63, 3.8) is 0 Å². The number of phenols is 1. The summed E-state index contributed by atoms with van der Waals surface area (Å²) in [4.78, 5) is 12.1. The van der Waals surface area contributed by atoms with E-state index in [2.05, 4.69) is 10.5 Å². The third-order valence-corrected chi connectivity index (χ3v) is 3.05. The Morgan fingerprint density at radius 1 is 1.22 bits per heavy atom. The smallest absolute Gasteiger partial charge is 0.275 e. The van der Waals surface area contributed by atoms with Crippen molar-refractivity contribution in [2.24, 2.45) is 5.10 Å². The Morgan fingerprint density at radius 2 is 1.96 bits per heavy atom. The highest BCUT2D eigenvalue weighted by Crippen LogP contribution is 2.27. The van der Waals surface area contributed by atoms with Gasteiger partial charge in [-0.3, -0.25) is 4.79 Å². The van der Waals surface area contributed by atoms with Crippen LogP contribution in [0.15, 0.2) is 47.6 Å². The molecule has 0 spiro atoms. The number of phenolic OH excluding ortho intramolecular Hbond substituents is 1. The number of para-hydroxylation sites is 2. The minimum atomic E-state index is -0.396. The number of carbonyl (C=O) groups excluding carboxylic acids is 1. The molecule has 0 aliphatic carbocycles. The molecule has 2 aromatic carbocycles. The van der Waals surface area contributed by atoms with Gasteiger partial charge in [0.25, 0.3) is 5.91 Å². The Labute approximate surface area is 134 Å². The average molecular weight is 314 g/mol. The van der Waals surface area contributed by atoms with Crippen LogP contribution in [0.2, 0.25) is 0 Å². The number of methoxy groups -OCH3 is 1. The number of rotatable bonds is 6. The number of ether oxygens (including phenoxy) is 2. The second-order valence-corrected chi connectivity index (χ2v) is 4.53. The molecule has 0 atom stereocenters. The monoisotopic (exact) mass is 314 g/mol. The van der Waals surface area contributed by atoms with Gasteiger partial charge in [-0.15, -0.1) is 0 Å². The Kier molecular flexibility index (Phi) is 5.57. The second-order valence-electron chi connectivity index (χ2n) is 4.53. The molecular formula is C17H18N2O4. The van der Waals surface area contributed by atoms with Crippen molar-refractivity contribution in [3.8, 4) is 17.2 Å². The van der Waals surface area contributed by atoms with E-state index >= 15 is 0 Å². The van der Waals surface area contributed by atoms with Gasteiger partial charge in [0.1, 0.15) is 5.75 Å². The summed E-state index contributed by atoms with van der Waals surface area (Å²) in [5, 5.41) is 13.8. The van der Waals surface area contributed by atoms with E-state index in [4.69, 9.17) is 9.47 Å². The molecule has 1 amide bonds. The highest BCUT2D eigenvalue weighted by atomic mass is 16.5. The van der Waals surface area contributed by atoms with Crippen LogP contribution in [0, 0.1) is 0 Å². The van der Waals surface area contributed by atoms with E-state index in [1.54, 1.807) is 42.5 Å². The third kappa shape index (κ3) is 4.00. The zero-order chi connectivity index (χ0) is 16.7. The number of hydrazone groups is 1. The number of hydrogen-bond acceptors (Lipinski definition) is 5. The zero-order valence-electron chi connectivity index (χ0n) is 12.9. The molecule has 120 valence electrons. The van der Waals surface area contributed by atoms with Crippen molar-refractivity contribution >= 4 is 12.1 Å². The number of nitrogens with one attached hydrogen (secondary N) is 1. The summed E-state index contributed by atoms with van der Waals surface area (Å²) in [5.41, 5.74) is 3.23. The largest absolute Gasteiger partial charge is 0.504 e. The molecule has 0 unspecified atom stereocenters. The van der Waals surface area contributed by atoms with E-state index in [0.29, 0.717) is 29.2 Å². The molecule has 0 fully saturated rings. The Bertz CT molecular complexity index is 713. The van der Waals surface area contributed by atoms with Crippen LogP contribution >= 0.6 is 0 Å². The lowest BCUT2D eigenvalue weighted by molar-refractivity contribution is 0.0951. The van der Waals surface area contributed by atoms with E-state index < -0.39 is 5.91 Å². The molecule has 23 heavy (non-hydrogen) atoms. The quantitative estimate of drug-likeness (QED) is 0.634. The Balaban J connectivity index is 2.10. The lowest BCUT2D eigenvalue weighted by Crippen LogP contribution is -2.18. The highest BCUT2D eigenvalue weighted by Gasteiger charge is 2.11. The van der Waals surface area contributed by atoms with Crippen molar-refractivity contribution in [2.45, 2.75) is 6.92 Å². The molecule has 2 aromatic rings. The van der Waals surface area contributed by atoms with Gasteiger partial charge < -0.3 is 14.6 Å². The number of benzene rings is 2. The lowest BCUT2D eigenvalue weighted by Gasteiger charge is -2.08. The SMILES string of the molecule is CCOc1ccccc1C(=O)NN=Cc1cccc(OC)c1O. The molecular weight excluding hydrogens is 296 g/mol. The number of nitrogens with zero attached hydrogens (tertiary/aromatic N) is 1. The van der Waals surface area contributed by atoms with Crippen molar-refractivity contribution in [1.29, 1.82) is 0 Å². The van der Waals surface area contributed by atoms with Gasteiger partial charge >= 0.3 is 0 Å². The molecule has 6 heteroatoms. The minimum absolute atomic E-state index is 0.0392. The van der Waals surface area contributed by atoms with Crippen LogP contribution in [0.3, 0.4) is 0 Å². The van der Waals surface area contributed by atoms with Gasteiger partial charge in [-0.1, -0.05) is 18.2 Å². The van der Waals surface area contributed by atoms with Gasteiger partial charge in [0.2, 0.25) is 0 Å². The van der Waals surface area contributed by atoms with E-state index in [1.165, 1.54) is 13.3 Å². The molecule has 0 aromatic heterocycles. The van der Waals surface area contributed by atoms with Crippen molar-refractivity contribution in [2.75, 3.05) is 13.7 Å².